The molecular formula is C17H19NO2. The summed E-state index contributed by atoms with van der Waals surface area (Å²) >= 11 is 0. The van der Waals surface area contributed by atoms with Crippen LogP contribution in [0.1, 0.15) is 43.6 Å². The fourth-order valence-corrected chi connectivity index (χ4v) is 1.83. The molecule has 1 aromatic carbocycles. The minimum absolute atomic E-state index is 0.000641. The lowest BCUT2D eigenvalue weighted by Crippen LogP contribution is -2.10. The third kappa shape index (κ3) is 3.44. The minimum atomic E-state index is 0.000641. The van der Waals surface area contributed by atoms with E-state index in [9.17, 15) is 4.79 Å². The van der Waals surface area contributed by atoms with Crippen LogP contribution in [0, 0.1) is 0 Å². The summed E-state index contributed by atoms with van der Waals surface area (Å²) in [6.45, 7) is 7.99. The van der Waals surface area contributed by atoms with Gasteiger partial charge in [0.25, 0.3) is 0 Å². The van der Waals surface area contributed by atoms with Crippen LogP contribution in [-0.4, -0.2) is 10.8 Å². The molecule has 0 fully saturated rings. The zero-order valence-corrected chi connectivity index (χ0v) is 12.3. The Balaban J connectivity index is 2.26. The second-order valence-corrected chi connectivity index (χ2v) is 5.82. The lowest BCUT2D eigenvalue weighted by Gasteiger charge is -2.19. The van der Waals surface area contributed by atoms with Gasteiger partial charge in [-0.15, -0.1) is 0 Å². The molecule has 0 atom stereocenters. The number of ether oxygens (including phenoxy) is 1. The molecule has 0 amide bonds. The van der Waals surface area contributed by atoms with Crippen LogP contribution in [0.4, 0.5) is 0 Å². The van der Waals surface area contributed by atoms with Gasteiger partial charge in [-0.3, -0.25) is 4.79 Å². The van der Waals surface area contributed by atoms with Crippen molar-refractivity contribution in [2.24, 2.45) is 0 Å². The van der Waals surface area contributed by atoms with Crippen molar-refractivity contribution < 1.29 is 9.53 Å². The van der Waals surface area contributed by atoms with Gasteiger partial charge < -0.3 is 4.74 Å². The molecule has 1 aromatic heterocycles. The van der Waals surface area contributed by atoms with Crippen molar-refractivity contribution in [2.45, 2.75) is 33.1 Å². The summed E-state index contributed by atoms with van der Waals surface area (Å²) in [6, 6.07) is 11.3. The average Bonchev–Trinajstić information content (AvgIpc) is 2.38. The van der Waals surface area contributed by atoms with Crippen LogP contribution >= 0.6 is 0 Å². The molecule has 0 unspecified atom stereocenters. The number of hydrogen-bond acceptors (Lipinski definition) is 3. The second-order valence-electron chi connectivity index (χ2n) is 5.82. The molecule has 0 N–H and O–H groups in total. The van der Waals surface area contributed by atoms with Gasteiger partial charge in [-0.1, -0.05) is 32.9 Å². The number of nitrogens with zero attached hydrogens (tertiary/aromatic N) is 1. The van der Waals surface area contributed by atoms with Gasteiger partial charge >= 0.3 is 0 Å². The van der Waals surface area contributed by atoms with Gasteiger partial charge in [-0.2, -0.15) is 0 Å². The summed E-state index contributed by atoms with van der Waals surface area (Å²) in [4.78, 5) is 15.5. The first kappa shape index (κ1) is 14.3. The monoisotopic (exact) mass is 269 g/mol. The molecule has 0 saturated carbocycles. The summed E-state index contributed by atoms with van der Waals surface area (Å²) in [5, 5.41) is 0. The largest absolute Gasteiger partial charge is 0.439 e. The zero-order valence-electron chi connectivity index (χ0n) is 12.3. The molecule has 0 aliphatic heterocycles. The molecule has 1 heterocycles. The number of carbonyl (C=O) groups is 1. The number of hydrogen-bond donors (Lipinski definition) is 0. The van der Waals surface area contributed by atoms with Crippen LogP contribution in [0.15, 0.2) is 42.6 Å². The van der Waals surface area contributed by atoms with Crippen LogP contribution in [0.2, 0.25) is 0 Å². The van der Waals surface area contributed by atoms with Crippen molar-refractivity contribution in [1.29, 1.82) is 0 Å². The maximum atomic E-state index is 11.4. The Morgan fingerprint density at radius 2 is 1.90 bits per heavy atom. The van der Waals surface area contributed by atoms with E-state index < -0.39 is 0 Å². The Bertz CT molecular complexity index is 627. The third-order valence-corrected chi connectivity index (χ3v) is 3.06. The number of ketones is 1. The molecule has 0 spiro atoms. The first-order chi connectivity index (χ1) is 9.36. The lowest BCUT2D eigenvalue weighted by molar-refractivity contribution is 0.101. The van der Waals surface area contributed by atoms with E-state index in [0.29, 0.717) is 11.4 Å². The summed E-state index contributed by atoms with van der Waals surface area (Å²) in [6.07, 6.45) is 1.58. The number of pyridine rings is 1. The van der Waals surface area contributed by atoms with Crippen LogP contribution in [0.25, 0.3) is 0 Å². The molecule has 3 heteroatoms. The highest BCUT2D eigenvalue weighted by Crippen LogP contribution is 2.27. The van der Waals surface area contributed by atoms with E-state index in [2.05, 4.69) is 31.8 Å². The van der Waals surface area contributed by atoms with Gasteiger partial charge in [0.1, 0.15) is 5.75 Å². The molecule has 0 radical (unpaired) electrons. The topological polar surface area (TPSA) is 39.2 Å². The Morgan fingerprint density at radius 1 is 1.15 bits per heavy atom. The number of carbonyl (C=O) groups excluding carboxylic acids is 1. The molecule has 3 nitrogen and oxygen atoms in total. The van der Waals surface area contributed by atoms with Crippen molar-refractivity contribution in [3.63, 3.8) is 0 Å². The van der Waals surface area contributed by atoms with Crippen molar-refractivity contribution in [3.05, 3.63) is 53.7 Å². The van der Waals surface area contributed by atoms with Gasteiger partial charge in [0, 0.05) is 17.8 Å². The highest BCUT2D eigenvalue weighted by atomic mass is 16.5. The molecule has 0 aliphatic carbocycles. The fraction of sp³-hybridized carbons (Fsp3) is 0.294. The van der Waals surface area contributed by atoms with E-state index in [1.807, 2.05) is 18.2 Å². The highest BCUT2D eigenvalue weighted by Gasteiger charge is 2.14. The van der Waals surface area contributed by atoms with Crippen molar-refractivity contribution in [3.8, 4) is 11.6 Å². The Kier molecular flexibility index (Phi) is 3.89. The second kappa shape index (κ2) is 5.45. The quantitative estimate of drug-likeness (QED) is 0.776. The van der Waals surface area contributed by atoms with E-state index in [1.54, 1.807) is 18.3 Å². The number of Topliss-reactive ketones (excluding diaryl/α,β-unsaturated/α-hetero) is 1. The summed E-state index contributed by atoms with van der Waals surface area (Å²) in [5.41, 5.74) is 1.85. The SMILES string of the molecule is CC(=O)c1ccnc(Oc2cccc(C(C)(C)C)c2)c1. The molecule has 2 rings (SSSR count). The normalized spacial score (nSPS) is 11.2. The molecule has 2 aromatic rings. The standard InChI is InChI=1S/C17H19NO2/c1-12(19)13-8-9-18-16(10-13)20-15-7-5-6-14(11-15)17(2,3)4/h5-11H,1-4H3. The van der Waals surface area contributed by atoms with Crippen LogP contribution < -0.4 is 4.74 Å². The lowest BCUT2D eigenvalue weighted by atomic mass is 9.87. The van der Waals surface area contributed by atoms with Gasteiger partial charge in [0.15, 0.2) is 5.78 Å². The van der Waals surface area contributed by atoms with E-state index in [1.165, 1.54) is 12.5 Å². The van der Waals surface area contributed by atoms with E-state index >= 15 is 0 Å². The zero-order chi connectivity index (χ0) is 14.8. The molecule has 0 aliphatic rings. The first-order valence-electron chi connectivity index (χ1n) is 6.61. The third-order valence-electron chi connectivity index (χ3n) is 3.06. The van der Waals surface area contributed by atoms with E-state index in [4.69, 9.17) is 4.74 Å². The van der Waals surface area contributed by atoms with Gasteiger partial charge in [-0.05, 0) is 36.1 Å². The molecule has 104 valence electrons. The Hall–Kier alpha value is -2.16. The molecule has 0 bridgehead atoms. The average molecular weight is 269 g/mol. The smallest absolute Gasteiger partial charge is 0.219 e. The summed E-state index contributed by atoms with van der Waals surface area (Å²) < 4.78 is 5.74. The summed E-state index contributed by atoms with van der Waals surface area (Å²) in [5.74, 6) is 1.16. The Labute approximate surface area is 119 Å². The van der Waals surface area contributed by atoms with Crippen LogP contribution in [-0.2, 0) is 5.41 Å². The summed E-state index contributed by atoms with van der Waals surface area (Å²) in [7, 11) is 0. The van der Waals surface area contributed by atoms with Crippen molar-refractivity contribution in [1.82, 2.24) is 4.98 Å². The fourth-order valence-electron chi connectivity index (χ4n) is 1.83. The van der Waals surface area contributed by atoms with Crippen LogP contribution in [0.5, 0.6) is 11.6 Å². The van der Waals surface area contributed by atoms with Gasteiger partial charge in [-0.25, -0.2) is 4.98 Å². The Morgan fingerprint density at radius 3 is 2.55 bits per heavy atom. The molecule has 0 saturated heterocycles. The predicted octanol–water partition coefficient (Wildman–Crippen LogP) is 4.37. The van der Waals surface area contributed by atoms with Gasteiger partial charge in [0.05, 0.1) is 0 Å². The van der Waals surface area contributed by atoms with Gasteiger partial charge in [0.2, 0.25) is 5.88 Å². The molecule has 20 heavy (non-hydrogen) atoms. The minimum Gasteiger partial charge on any atom is -0.439 e. The maximum Gasteiger partial charge on any atom is 0.219 e. The highest BCUT2D eigenvalue weighted by molar-refractivity contribution is 5.94. The van der Waals surface area contributed by atoms with E-state index in [-0.39, 0.29) is 11.2 Å². The first-order valence-corrected chi connectivity index (χ1v) is 6.61. The molecular weight excluding hydrogens is 250 g/mol. The van der Waals surface area contributed by atoms with Crippen molar-refractivity contribution >= 4 is 5.78 Å². The number of benzene rings is 1. The maximum absolute atomic E-state index is 11.4. The van der Waals surface area contributed by atoms with Crippen molar-refractivity contribution in [2.75, 3.05) is 0 Å². The predicted molar refractivity (Wildman–Crippen MR) is 79.5 cm³/mol. The van der Waals surface area contributed by atoms with E-state index in [0.717, 1.165) is 5.75 Å². The number of aromatic nitrogens is 1. The number of rotatable bonds is 3. The van der Waals surface area contributed by atoms with Crippen LogP contribution in [0.3, 0.4) is 0 Å².